The molecule has 0 spiro atoms. The van der Waals surface area contributed by atoms with Gasteiger partial charge in [0.15, 0.2) is 5.03 Å². The summed E-state index contributed by atoms with van der Waals surface area (Å²) in [5, 5.41) is 0.166. The Morgan fingerprint density at radius 2 is 1.94 bits per heavy atom. The Bertz CT molecular complexity index is 448. The van der Waals surface area contributed by atoms with Gasteiger partial charge in [0.25, 0.3) is 10.0 Å². The quantitative estimate of drug-likeness (QED) is 0.803. The predicted octanol–water partition coefficient (Wildman–Crippen LogP) is 0.877. The second kappa shape index (κ2) is 3.56. The molecular formula is C10H15N3O2S. The van der Waals surface area contributed by atoms with Crippen LogP contribution in [0, 0.1) is 11.8 Å². The van der Waals surface area contributed by atoms with E-state index in [1.165, 1.54) is 12.5 Å². The highest BCUT2D eigenvalue weighted by Crippen LogP contribution is 2.44. The third-order valence-corrected chi connectivity index (χ3v) is 4.70. The summed E-state index contributed by atoms with van der Waals surface area (Å²) in [7, 11) is -3.39. The third-order valence-electron chi connectivity index (χ3n) is 3.31. The molecule has 0 bridgehead atoms. The Labute approximate surface area is 94.7 Å². The van der Waals surface area contributed by atoms with Gasteiger partial charge >= 0.3 is 0 Å². The molecule has 1 heterocycles. The summed E-state index contributed by atoms with van der Waals surface area (Å²) in [6.07, 6.45) is 7.37. The van der Waals surface area contributed by atoms with Gasteiger partial charge in [-0.25, -0.2) is 18.1 Å². The standard InChI is InChI=1S/C10H15N3O2S/c14-16(15,9-5-11-6-12-9)13-10(7-1-2-7)8-3-4-8/h5-8,10,13H,1-4H2,(H,11,12). The minimum Gasteiger partial charge on any atom is -0.335 e. The van der Waals surface area contributed by atoms with Gasteiger partial charge in [0.1, 0.15) is 0 Å². The number of nitrogens with one attached hydrogen (secondary N) is 2. The number of imidazole rings is 1. The monoisotopic (exact) mass is 241 g/mol. The first-order chi connectivity index (χ1) is 7.67. The van der Waals surface area contributed by atoms with Crippen molar-refractivity contribution in [1.82, 2.24) is 14.7 Å². The lowest BCUT2D eigenvalue weighted by molar-refractivity contribution is 0.470. The Morgan fingerprint density at radius 1 is 1.31 bits per heavy atom. The van der Waals surface area contributed by atoms with Gasteiger partial charge in [-0.1, -0.05) is 0 Å². The molecule has 2 N–H and O–H groups in total. The molecular weight excluding hydrogens is 226 g/mol. The molecule has 0 unspecified atom stereocenters. The largest absolute Gasteiger partial charge is 0.335 e. The fourth-order valence-corrected chi connectivity index (χ4v) is 3.40. The van der Waals surface area contributed by atoms with Gasteiger partial charge in [0.05, 0.1) is 12.5 Å². The molecule has 16 heavy (non-hydrogen) atoms. The molecule has 0 aromatic carbocycles. The van der Waals surface area contributed by atoms with Crippen LogP contribution in [0.3, 0.4) is 0 Å². The van der Waals surface area contributed by atoms with Gasteiger partial charge in [-0.3, -0.25) is 0 Å². The van der Waals surface area contributed by atoms with E-state index in [4.69, 9.17) is 0 Å². The van der Waals surface area contributed by atoms with Crippen molar-refractivity contribution in [2.45, 2.75) is 36.8 Å². The summed E-state index contributed by atoms with van der Waals surface area (Å²) in [6, 6.07) is 0.147. The number of aromatic nitrogens is 2. The zero-order chi connectivity index (χ0) is 11.2. The van der Waals surface area contributed by atoms with Crippen LogP contribution in [0.15, 0.2) is 17.6 Å². The van der Waals surface area contributed by atoms with E-state index in [1.807, 2.05) is 0 Å². The molecule has 0 aliphatic heterocycles. The molecule has 2 aliphatic rings. The van der Waals surface area contributed by atoms with Crippen LogP contribution in [0.25, 0.3) is 0 Å². The molecule has 0 radical (unpaired) electrons. The van der Waals surface area contributed by atoms with E-state index >= 15 is 0 Å². The maximum atomic E-state index is 12.0. The maximum Gasteiger partial charge on any atom is 0.257 e. The van der Waals surface area contributed by atoms with Crippen molar-refractivity contribution in [3.8, 4) is 0 Å². The van der Waals surface area contributed by atoms with E-state index in [9.17, 15) is 8.42 Å². The molecule has 1 aromatic heterocycles. The summed E-state index contributed by atoms with van der Waals surface area (Å²) in [5.41, 5.74) is 0. The van der Waals surface area contributed by atoms with Crippen LogP contribution in [0.5, 0.6) is 0 Å². The fourth-order valence-electron chi connectivity index (χ4n) is 2.12. The highest BCUT2D eigenvalue weighted by atomic mass is 32.2. The molecule has 1 aromatic rings. The first-order valence-electron chi connectivity index (χ1n) is 5.67. The van der Waals surface area contributed by atoms with Gasteiger partial charge in [-0.2, -0.15) is 0 Å². The van der Waals surface area contributed by atoms with Gasteiger partial charge in [0.2, 0.25) is 0 Å². The number of hydrogen-bond donors (Lipinski definition) is 2. The van der Waals surface area contributed by atoms with Crippen molar-refractivity contribution in [1.29, 1.82) is 0 Å². The van der Waals surface area contributed by atoms with E-state index < -0.39 is 10.0 Å². The lowest BCUT2D eigenvalue weighted by Gasteiger charge is -2.16. The van der Waals surface area contributed by atoms with E-state index in [-0.39, 0.29) is 11.1 Å². The molecule has 5 nitrogen and oxygen atoms in total. The zero-order valence-corrected chi connectivity index (χ0v) is 9.70. The highest BCUT2D eigenvalue weighted by molar-refractivity contribution is 7.89. The molecule has 2 aliphatic carbocycles. The summed E-state index contributed by atoms with van der Waals surface area (Å²) in [4.78, 5) is 6.38. The van der Waals surface area contributed by atoms with E-state index in [1.54, 1.807) is 0 Å². The number of sulfonamides is 1. The lowest BCUT2D eigenvalue weighted by atomic mass is 10.1. The summed E-state index contributed by atoms with van der Waals surface area (Å²) >= 11 is 0. The van der Waals surface area contributed by atoms with Crippen molar-refractivity contribution in [2.24, 2.45) is 11.8 Å². The summed E-state index contributed by atoms with van der Waals surface area (Å²) in [6.45, 7) is 0. The van der Waals surface area contributed by atoms with Crippen LogP contribution in [0.4, 0.5) is 0 Å². The summed E-state index contributed by atoms with van der Waals surface area (Å²) < 4.78 is 26.8. The molecule has 88 valence electrons. The topological polar surface area (TPSA) is 74.8 Å². The Kier molecular flexibility index (Phi) is 2.29. The normalized spacial score (nSPS) is 21.6. The number of hydrogen-bond acceptors (Lipinski definition) is 3. The number of rotatable bonds is 5. The van der Waals surface area contributed by atoms with Crippen molar-refractivity contribution in [2.75, 3.05) is 0 Å². The first kappa shape index (κ1) is 10.3. The predicted molar refractivity (Wildman–Crippen MR) is 58.1 cm³/mol. The molecule has 0 atom stereocenters. The van der Waals surface area contributed by atoms with Crippen LogP contribution in [-0.4, -0.2) is 24.4 Å². The first-order valence-corrected chi connectivity index (χ1v) is 7.16. The van der Waals surface area contributed by atoms with E-state index in [2.05, 4.69) is 14.7 Å². The van der Waals surface area contributed by atoms with Gasteiger partial charge in [-0.05, 0) is 37.5 Å². The average molecular weight is 241 g/mol. The van der Waals surface area contributed by atoms with Gasteiger partial charge in [0, 0.05) is 6.04 Å². The number of aromatic amines is 1. The molecule has 2 fully saturated rings. The Morgan fingerprint density at radius 3 is 2.38 bits per heavy atom. The second-order valence-electron chi connectivity index (χ2n) is 4.74. The van der Waals surface area contributed by atoms with Crippen LogP contribution < -0.4 is 4.72 Å². The zero-order valence-electron chi connectivity index (χ0n) is 8.89. The molecule has 0 amide bonds. The minimum absolute atomic E-state index is 0.147. The smallest absolute Gasteiger partial charge is 0.257 e. The van der Waals surface area contributed by atoms with Crippen molar-refractivity contribution < 1.29 is 8.42 Å². The summed E-state index contributed by atoms with van der Waals surface area (Å²) in [5.74, 6) is 1.12. The van der Waals surface area contributed by atoms with Gasteiger partial charge in [-0.15, -0.1) is 0 Å². The minimum atomic E-state index is -3.39. The highest BCUT2D eigenvalue weighted by Gasteiger charge is 2.43. The third kappa shape index (κ3) is 1.99. The SMILES string of the molecule is O=S(=O)(NC(C1CC1)C1CC1)c1cnc[nH]1. The average Bonchev–Trinajstić information content (AvgIpc) is 3.15. The van der Waals surface area contributed by atoms with Crippen molar-refractivity contribution in [3.05, 3.63) is 12.5 Å². The van der Waals surface area contributed by atoms with Crippen molar-refractivity contribution >= 4 is 10.0 Å². The fraction of sp³-hybridized carbons (Fsp3) is 0.700. The molecule has 6 heteroatoms. The maximum absolute atomic E-state index is 12.0. The molecule has 3 rings (SSSR count). The molecule has 2 saturated carbocycles. The van der Waals surface area contributed by atoms with Crippen LogP contribution in [-0.2, 0) is 10.0 Å². The van der Waals surface area contributed by atoms with Crippen LogP contribution in [0.2, 0.25) is 0 Å². The van der Waals surface area contributed by atoms with Crippen LogP contribution in [0.1, 0.15) is 25.7 Å². The molecule has 0 saturated heterocycles. The van der Waals surface area contributed by atoms with Crippen LogP contribution >= 0.6 is 0 Å². The van der Waals surface area contributed by atoms with Gasteiger partial charge < -0.3 is 4.98 Å². The van der Waals surface area contributed by atoms with E-state index in [0.29, 0.717) is 11.8 Å². The Hall–Kier alpha value is -0.880. The number of nitrogens with zero attached hydrogens (tertiary/aromatic N) is 1. The lowest BCUT2D eigenvalue weighted by Crippen LogP contribution is -2.38. The Balaban J connectivity index is 1.77. The second-order valence-corrected chi connectivity index (χ2v) is 6.42. The van der Waals surface area contributed by atoms with E-state index in [0.717, 1.165) is 25.7 Å². The van der Waals surface area contributed by atoms with Crippen molar-refractivity contribution in [3.63, 3.8) is 0 Å². The number of H-pyrrole nitrogens is 1.